The SMILES string of the molecule is C=Cc1c(N=CC)ccc(N)c1C. The molecule has 2 N–H and O–H groups in total. The predicted molar refractivity (Wildman–Crippen MR) is 59.5 cm³/mol. The number of nitrogens with zero attached hydrogens (tertiary/aromatic N) is 1. The van der Waals surface area contributed by atoms with Crippen molar-refractivity contribution in [1.82, 2.24) is 0 Å². The van der Waals surface area contributed by atoms with Gasteiger partial charge in [-0.2, -0.15) is 0 Å². The second kappa shape index (κ2) is 3.90. The van der Waals surface area contributed by atoms with Crippen LogP contribution in [0.4, 0.5) is 11.4 Å². The molecule has 0 spiro atoms. The summed E-state index contributed by atoms with van der Waals surface area (Å²) in [6.45, 7) is 7.61. The van der Waals surface area contributed by atoms with E-state index in [1.54, 1.807) is 12.3 Å². The van der Waals surface area contributed by atoms with E-state index in [-0.39, 0.29) is 0 Å². The van der Waals surface area contributed by atoms with Crippen LogP contribution in [0.15, 0.2) is 23.7 Å². The van der Waals surface area contributed by atoms with Gasteiger partial charge >= 0.3 is 0 Å². The molecule has 1 rings (SSSR count). The Kier molecular flexibility index (Phi) is 2.85. The van der Waals surface area contributed by atoms with Crippen LogP contribution < -0.4 is 5.73 Å². The first-order chi connectivity index (χ1) is 6.20. The molecular formula is C11H14N2. The molecule has 2 heteroatoms. The maximum absolute atomic E-state index is 5.76. The molecule has 0 fully saturated rings. The van der Waals surface area contributed by atoms with E-state index in [0.29, 0.717) is 0 Å². The first kappa shape index (κ1) is 9.52. The minimum Gasteiger partial charge on any atom is -0.398 e. The molecule has 1 aromatic carbocycles. The summed E-state index contributed by atoms with van der Waals surface area (Å²) in [6.07, 6.45) is 3.55. The number of nitrogens with two attached hydrogens (primary N) is 1. The molecule has 0 atom stereocenters. The highest BCUT2D eigenvalue weighted by atomic mass is 14.7. The first-order valence-corrected chi connectivity index (χ1v) is 4.21. The number of anilines is 1. The Hall–Kier alpha value is -1.57. The van der Waals surface area contributed by atoms with Crippen molar-refractivity contribution < 1.29 is 0 Å². The van der Waals surface area contributed by atoms with Crippen molar-refractivity contribution in [2.24, 2.45) is 4.99 Å². The average Bonchev–Trinajstić information content (AvgIpc) is 2.12. The zero-order chi connectivity index (χ0) is 9.84. The number of aliphatic imine (C=N–C) groups is 1. The van der Waals surface area contributed by atoms with Crippen molar-refractivity contribution in [3.8, 4) is 0 Å². The number of nitrogen functional groups attached to an aromatic ring is 1. The van der Waals surface area contributed by atoms with Crippen LogP contribution in [0.1, 0.15) is 18.1 Å². The van der Waals surface area contributed by atoms with Crippen LogP contribution in [-0.2, 0) is 0 Å². The quantitative estimate of drug-likeness (QED) is 0.543. The molecular weight excluding hydrogens is 160 g/mol. The number of hydrogen-bond acceptors (Lipinski definition) is 2. The summed E-state index contributed by atoms with van der Waals surface area (Å²) < 4.78 is 0. The minimum absolute atomic E-state index is 0.782. The summed E-state index contributed by atoms with van der Waals surface area (Å²) in [5.74, 6) is 0. The standard InChI is InChI=1S/C11H14N2/c1-4-9-8(3)10(12)6-7-11(9)13-5-2/h4-7H,1,12H2,2-3H3. The summed E-state index contributed by atoms with van der Waals surface area (Å²) in [6, 6.07) is 3.77. The van der Waals surface area contributed by atoms with Crippen LogP contribution in [-0.4, -0.2) is 6.21 Å². The highest BCUT2D eigenvalue weighted by Gasteiger charge is 2.03. The largest absolute Gasteiger partial charge is 0.398 e. The van der Waals surface area contributed by atoms with Crippen molar-refractivity contribution in [3.63, 3.8) is 0 Å². The molecule has 68 valence electrons. The Labute approximate surface area is 78.8 Å². The monoisotopic (exact) mass is 174 g/mol. The van der Waals surface area contributed by atoms with Gasteiger partial charge in [-0.3, -0.25) is 4.99 Å². The van der Waals surface area contributed by atoms with Gasteiger partial charge in [0.15, 0.2) is 0 Å². The number of hydrogen-bond donors (Lipinski definition) is 1. The Morgan fingerprint density at radius 3 is 2.69 bits per heavy atom. The topological polar surface area (TPSA) is 38.4 Å². The summed E-state index contributed by atoms with van der Waals surface area (Å²) >= 11 is 0. The lowest BCUT2D eigenvalue weighted by molar-refractivity contribution is 1.40. The van der Waals surface area contributed by atoms with Gasteiger partial charge in [0.25, 0.3) is 0 Å². The smallest absolute Gasteiger partial charge is 0.0701 e. The maximum Gasteiger partial charge on any atom is 0.0701 e. The molecule has 0 saturated carbocycles. The lowest BCUT2D eigenvalue weighted by Gasteiger charge is -2.07. The molecule has 13 heavy (non-hydrogen) atoms. The fourth-order valence-corrected chi connectivity index (χ4v) is 1.24. The second-order valence-corrected chi connectivity index (χ2v) is 2.80. The Morgan fingerprint density at radius 2 is 2.15 bits per heavy atom. The van der Waals surface area contributed by atoms with E-state index in [9.17, 15) is 0 Å². The van der Waals surface area contributed by atoms with E-state index in [1.807, 2.05) is 26.0 Å². The normalized spacial score (nSPS) is 10.6. The van der Waals surface area contributed by atoms with Crippen molar-refractivity contribution in [1.29, 1.82) is 0 Å². The number of benzene rings is 1. The minimum atomic E-state index is 0.782. The van der Waals surface area contributed by atoms with Crippen molar-refractivity contribution in [3.05, 3.63) is 29.8 Å². The Balaban J connectivity index is 3.37. The summed E-state index contributed by atoms with van der Waals surface area (Å²) in [5, 5.41) is 0. The Morgan fingerprint density at radius 1 is 1.46 bits per heavy atom. The third-order valence-corrected chi connectivity index (χ3v) is 2.01. The molecule has 0 aliphatic heterocycles. The van der Waals surface area contributed by atoms with Crippen LogP contribution in [0.5, 0.6) is 0 Å². The highest BCUT2D eigenvalue weighted by molar-refractivity contribution is 5.75. The van der Waals surface area contributed by atoms with Gasteiger partial charge in [-0.15, -0.1) is 0 Å². The molecule has 0 aliphatic rings. The van der Waals surface area contributed by atoms with Crippen molar-refractivity contribution in [2.75, 3.05) is 5.73 Å². The van der Waals surface area contributed by atoms with Crippen LogP contribution in [0.2, 0.25) is 0 Å². The molecule has 0 aliphatic carbocycles. The Bertz CT molecular complexity index is 351. The molecule has 2 nitrogen and oxygen atoms in total. The van der Waals surface area contributed by atoms with Gasteiger partial charge in [0.1, 0.15) is 0 Å². The maximum atomic E-state index is 5.76. The van der Waals surface area contributed by atoms with Gasteiger partial charge in [-0.1, -0.05) is 12.7 Å². The van der Waals surface area contributed by atoms with Crippen molar-refractivity contribution >= 4 is 23.7 Å². The van der Waals surface area contributed by atoms with Crippen LogP contribution in [0.3, 0.4) is 0 Å². The van der Waals surface area contributed by atoms with Gasteiger partial charge in [-0.05, 0) is 31.5 Å². The zero-order valence-electron chi connectivity index (χ0n) is 8.04. The average molecular weight is 174 g/mol. The van der Waals surface area contributed by atoms with Gasteiger partial charge in [0, 0.05) is 17.5 Å². The van der Waals surface area contributed by atoms with Crippen molar-refractivity contribution in [2.45, 2.75) is 13.8 Å². The van der Waals surface area contributed by atoms with E-state index in [4.69, 9.17) is 5.73 Å². The third kappa shape index (κ3) is 1.78. The van der Waals surface area contributed by atoms with E-state index in [0.717, 1.165) is 22.5 Å². The van der Waals surface area contributed by atoms with E-state index in [1.165, 1.54) is 0 Å². The second-order valence-electron chi connectivity index (χ2n) is 2.80. The predicted octanol–water partition coefficient (Wildman–Crippen LogP) is 2.94. The fraction of sp³-hybridized carbons (Fsp3) is 0.182. The van der Waals surface area contributed by atoms with Crippen LogP contribution in [0.25, 0.3) is 6.08 Å². The lowest BCUT2D eigenvalue weighted by Crippen LogP contribution is -1.91. The van der Waals surface area contributed by atoms with E-state index >= 15 is 0 Å². The van der Waals surface area contributed by atoms with Gasteiger partial charge < -0.3 is 5.73 Å². The summed E-state index contributed by atoms with van der Waals surface area (Å²) in [5.41, 5.74) is 9.52. The summed E-state index contributed by atoms with van der Waals surface area (Å²) in [4.78, 5) is 4.23. The molecule has 1 aromatic rings. The molecule has 0 saturated heterocycles. The molecule has 0 unspecified atom stereocenters. The fourth-order valence-electron chi connectivity index (χ4n) is 1.24. The molecule has 0 heterocycles. The van der Waals surface area contributed by atoms with Gasteiger partial charge in [0.05, 0.1) is 5.69 Å². The molecule has 0 bridgehead atoms. The lowest BCUT2D eigenvalue weighted by atomic mass is 10.0. The number of rotatable bonds is 2. The highest BCUT2D eigenvalue weighted by Crippen LogP contribution is 2.27. The van der Waals surface area contributed by atoms with E-state index < -0.39 is 0 Å². The molecule has 0 amide bonds. The van der Waals surface area contributed by atoms with Crippen LogP contribution >= 0.6 is 0 Å². The van der Waals surface area contributed by atoms with Gasteiger partial charge in [0.2, 0.25) is 0 Å². The van der Waals surface area contributed by atoms with Crippen LogP contribution in [0, 0.1) is 6.92 Å². The van der Waals surface area contributed by atoms with Gasteiger partial charge in [-0.25, -0.2) is 0 Å². The van der Waals surface area contributed by atoms with E-state index in [2.05, 4.69) is 11.6 Å². The summed E-state index contributed by atoms with van der Waals surface area (Å²) in [7, 11) is 0. The molecule has 0 aromatic heterocycles. The molecule has 0 radical (unpaired) electrons. The zero-order valence-corrected chi connectivity index (χ0v) is 8.04. The first-order valence-electron chi connectivity index (χ1n) is 4.21. The third-order valence-electron chi connectivity index (χ3n) is 2.01.